The molecule has 4 heteroatoms. The van der Waals surface area contributed by atoms with Crippen molar-refractivity contribution in [3.8, 4) is 0 Å². The Hall–Kier alpha value is -0.900. The lowest BCUT2D eigenvalue weighted by molar-refractivity contribution is -0.141. The number of fused-ring (bicyclic) bond motifs is 1. The molecule has 1 heterocycles. The van der Waals surface area contributed by atoms with Crippen LogP contribution >= 0.6 is 0 Å². The number of carbonyl (C=O) groups is 2. The molecule has 4 nitrogen and oxygen atoms in total. The van der Waals surface area contributed by atoms with Gasteiger partial charge in [0.05, 0.1) is 11.8 Å². The third kappa shape index (κ3) is 2.90. The van der Waals surface area contributed by atoms with Crippen LogP contribution in [0.25, 0.3) is 0 Å². The summed E-state index contributed by atoms with van der Waals surface area (Å²) >= 11 is 0. The van der Waals surface area contributed by atoms with E-state index in [1.165, 1.54) is 4.90 Å². The Kier molecular flexibility index (Phi) is 4.84. The molecule has 1 N–H and O–H groups in total. The number of nitrogens with one attached hydrogen (secondary N) is 1. The van der Waals surface area contributed by atoms with Gasteiger partial charge in [-0.3, -0.25) is 14.5 Å². The number of imide groups is 1. The molecule has 1 saturated carbocycles. The largest absolute Gasteiger partial charge is 0.312 e. The molecule has 3 atom stereocenters. The second-order valence-electron chi connectivity index (χ2n) is 6.88. The van der Waals surface area contributed by atoms with Crippen molar-refractivity contribution in [2.75, 3.05) is 13.1 Å². The van der Waals surface area contributed by atoms with Crippen molar-refractivity contribution < 1.29 is 9.59 Å². The lowest BCUT2D eigenvalue weighted by Gasteiger charge is -2.27. The van der Waals surface area contributed by atoms with Gasteiger partial charge in [-0.15, -0.1) is 0 Å². The van der Waals surface area contributed by atoms with E-state index in [1.54, 1.807) is 0 Å². The summed E-state index contributed by atoms with van der Waals surface area (Å²) in [5.41, 5.74) is 0. The van der Waals surface area contributed by atoms with Crippen LogP contribution in [-0.2, 0) is 9.59 Å². The van der Waals surface area contributed by atoms with E-state index in [0.717, 1.165) is 25.8 Å². The molecular weight excluding hydrogens is 252 g/mol. The molecule has 2 fully saturated rings. The average Bonchev–Trinajstić information content (AvgIpc) is 2.87. The molecule has 0 bridgehead atoms. The second-order valence-corrected chi connectivity index (χ2v) is 6.88. The fourth-order valence-corrected chi connectivity index (χ4v) is 3.56. The quantitative estimate of drug-likeness (QED) is 0.758. The molecule has 0 radical (unpaired) electrons. The van der Waals surface area contributed by atoms with Crippen molar-refractivity contribution in [3.63, 3.8) is 0 Å². The summed E-state index contributed by atoms with van der Waals surface area (Å²) in [4.78, 5) is 26.4. The van der Waals surface area contributed by atoms with Gasteiger partial charge in [0.15, 0.2) is 0 Å². The van der Waals surface area contributed by atoms with Crippen molar-refractivity contribution in [2.45, 2.75) is 53.0 Å². The minimum Gasteiger partial charge on any atom is -0.312 e. The number of rotatable bonds is 6. The van der Waals surface area contributed by atoms with Crippen LogP contribution in [0.3, 0.4) is 0 Å². The summed E-state index contributed by atoms with van der Waals surface area (Å²) in [7, 11) is 0. The summed E-state index contributed by atoms with van der Waals surface area (Å²) in [5.74, 6) is 1.02. The molecule has 3 unspecified atom stereocenters. The van der Waals surface area contributed by atoms with E-state index in [0.29, 0.717) is 18.4 Å². The van der Waals surface area contributed by atoms with Crippen molar-refractivity contribution in [1.29, 1.82) is 0 Å². The number of carbonyl (C=O) groups excluding carboxylic acids is 2. The van der Waals surface area contributed by atoms with E-state index in [-0.39, 0.29) is 29.7 Å². The van der Waals surface area contributed by atoms with Crippen LogP contribution in [0.4, 0.5) is 0 Å². The number of likely N-dealkylation sites (tertiary alicyclic amines) is 1. The first kappa shape index (κ1) is 15.5. The van der Waals surface area contributed by atoms with Crippen LogP contribution in [0.1, 0.15) is 47.0 Å². The Morgan fingerprint density at radius 2 is 1.75 bits per heavy atom. The summed E-state index contributed by atoms with van der Waals surface area (Å²) in [5, 5.41) is 3.47. The molecule has 1 aliphatic carbocycles. The number of hydrogen-bond donors (Lipinski definition) is 1. The van der Waals surface area contributed by atoms with Crippen molar-refractivity contribution >= 4 is 11.8 Å². The fraction of sp³-hybridized carbons (Fsp3) is 0.875. The van der Waals surface area contributed by atoms with Crippen LogP contribution in [0.5, 0.6) is 0 Å². The smallest absolute Gasteiger partial charge is 0.233 e. The van der Waals surface area contributed by atoms with Gasteiger partial charge in [-0.25, -0.2) is 0 Å². The highest BCUT2D eigenvalue weighted by molar-refractivity contribution is 6.05. The zero-order chi connectivity index (χ0) is 14.9. The normalized spacial score (nSPS) is 31.2. The van der Waals surface area contributed by atoms with E-state index in [4.69, 9.17) is 0 Å². The van der Waals surface area contributed by atoms with Gasteiger partial charge in [-0.1, -0.05) is 27.7 Å². The van der Waals surface area contributed by atoms with Gasteiger partial charge in [0.1, 0.15) is 0 Å². The maximum atomic E-state index is 12.5. The molecule has 1 aliphatic heterocycles. The van der Waals surface area contributed by atoms with E-state index in [2.05, 4.69) is 33.0 Å². The van der Waals surface area contributed by atoms with Crippen LogP contribution in [0.2, 0.25) is 0 Å². The van der Waals surface area contributed by atoms with Crippen molar-refractivity contribution in [3.05, 3.63) is 0 Å². The number of hydrogen-bond acceptors (Lipinski definition) is 3. The van der Waals surface area contributed by atoms with E-state index in [1.807, 2.05) is 0 Å². The zero-order valence-corrected chi connectivity index (χ0v) is 13.2. The maximum absolute atomic E-state index is 12.5. The van der Waals surface area contributed by atoms with Crippen LogP contribution in [0, 0.1) is 23.7 Å². The second kappa shape index (κ2) is 6.25. The minimum atomic E-state index is -0.0310. The minimum absolute atomic E-state index is 0.0310. The lowest BCUT2D eigenvalue weighted by Crippen LogP contribution is -2.47. The average molecular weight is 280 g/mol. The van der Waals surface area contributed by atoms with Gasteiger partial charge >= 0.3 is 0 Å². The molecular formula is C16H28N2O2. The van der Waals surface area contributed by atoms with Crippen LogP contribution in [-0.4, -0.2) is 35.8 Å². The molecule has 2 amide bonds. The molecule has 1 saturated heterocycles. The Balaban J connectivity index is 2.02. The monoisotopic (exact) mass is 280 g/mol. The Bertz CT molecular complexity index is 357. The lowest BCUT2D eigenvalue weighted by atomic mass is 10.00. The van der Waals surface area contributed by atoms with Crippen LogP contribution < -0.4 is 5.32 Å². The predicted octanol–water partition coefficient (Wildman–Crippen LogP) is 2.04. The number of amides is 2. The highest BCUT2D eigenvalue weighted by atomic mass is 16.2. The highest BCUT2D eigenvalue weighted by Crippen LogP contribution is 2.42. The molecule has 2 rings (SSSR count). The van der Waals surface area contributed by atoms with Gasteiger partial charge < -0.3 is 5.32 Å². The first-order valence-corrected chi connectivity index (χ1v) is 8.04. The first-order chi connectivity index (χ1) is 9.45. The Morgan fingerprint density at radius 3 is 2.20 bits per heavy atom. The van der Waals surface area contributed by atoms with E-state index < -0.39 is 0 Å². The first-order valence-electron chi connectivity index (χ1n) is 8.04. The summed E-state index contributed by atoms with van der Waals surface area (Å²) < 4.78 is 0. The van der Waals surface area contributed by atoms with Gasteiger partial charge in [0.2, 0.25) is 11.8 Å². The zero-order valence-electron chi connectivity index (χ0n) is 13.2. The van der Waals surface area contributed by atoms with Gasteiger partial charge in [0.25, 0.3) is 0 Å². The summed E-state index contributed by atoms with van der Waals surface area (Å²) in [6, 6.07) is 0.207. The molecule has 0 aromatic heterocycles. The molecule has 0 aromatic rings. The van der Waals surface area contributed by atoms with Crippen LogP contribution in [0.15, 0.2) is 0 Å². The predicted molar refractivity (Wildman–Crippen MR) is 79.0 cm³/mol. The fourth-order valence-electron chi connectivity index (χ4n) is 3.56. The van der Waals surface area contributed by atoms with Crippen molar-refractivity contribution in [2.24, 2.45) is 23.7 Å². The Labute approximate surface area is 122 Å². The van der Waals surface area contributed by atoms with E-state index >= 15 is 0 Å². The molecule has 0 spiro atoms. The topological polar surface area (TPSA) is 49.4 Å². The molecule has 114 valence electrons. The van der Waals surface area contributed by atoms with Gasteiger partial charge in [0, 0.05) is 12.6 Å². The van der Waals surface area contributed by atoms with Gasteiger partial charge in [-0.2, -0.15) is 0 Å². The van der Waals surface area contributed by atoms with Crippen molar-refractivity contribution in [1.82, 2.24) is 10.2 Å². The standard InChI is InChI=1S/C16H28N2O2/c1-5-6-17-14(10(2)3)9-18-15(19)12-7-11(4)8-13(12)16(18)20/h10-14,17H,5-9H2,1-4H3. The Morgan fingerprint density at radius 1 is 1.20 bits per heavy atom. The number of nitrogens with zero attached hydrogens (tertiary/aromatic N) is 1. The maximum Gasteiger partial charge on any atom is 0.233 e. The highest BCUT2D eigenvalue weighted by Gasteiger charge is 2.51. The molecule has 0 aromatic carbocycles. The summed E-state index contributed by atoms with van der Waals surface area (Å²) in [6.45, 7) is 10.0. The molecule has 20 heavy (non-hydrogen) atoms. The third-order valence-electron chi connectivity index (χ3n) is 4.81. The van der Waals surface area contributed by atoms with E-state index in [9.17, 15) is 9.59 Å². The van der Waals surface area contributed by atoms with Gasteiger partial charge in [-0.05, 0) is 37.6 Å². The summed E-state index contributed by atoms with van der Waals surface area (Å²) in [6.07, 6.45) is 2.84. The molecule has 2 aliphatic rings. The third-order valence-corrected chi connectivity index (χ3v) is 4.81. The SMILES string of the molecule is CCCNC(CN1C(=O)C2CC(C)CC2C1=O)C(C)C.